The molecule has 2 fully saturated rings. The quantitative estimate of drug-likeness (QED) is 0.720. The van der Waals surface area contributed by atoms with Crippen molar-refractivity contribution in [1.29, 1.82) is 0 Å². The van der Waals surface area contributed by atoms with Gasteiger partial charge in [0.15, 0.2) is 0 Å². The van der Waals surface area contributed by atoms with Crippen molar-refractivity contribution in [2.24, 2.45) is 11.3 Å². The van der Waals surface area contributed by atoms with E-state index in [0.29, 0.717) is 12.0 Å². The van der Waals surface area contributed by atoms with E-state index in [0.717, 1.165) is 6.54 Å². The van der Waals surface area contributed by atoms with Crippen LogP contribution in [0.25, 0.3) is 0 Å². The van der Waals surface area contributed by atoms with E-state index in [1.54, 1.807) is 0 Å². The monoisotopic (exact) mass is 211 g/mol. The molecule has 2 nitrogen and oxygen atoms in total. The second-order valence-electron chi connectivity index (χ2n) is 6.33. The Kier molecular flexibility index (Phi) is 2.85. The molecule has 2 aliphatic rings. The molecule has 1 atom stereocenters. The maximum atomic E-state index is 6.40. The summed E-state index contributed by atoms with van der Waals surface area (Å²) in [5, 5.41) is 3.65. The first kappa shape index (κ1) is 11.4. The van der Waals surface area contributed by atoms with Gasteiger partial charge in [-0.3, -0.25) is 5.32 Å². The average Bonchev–Trinajstić information content (AvgIpc) is 2.59. The van der Waals surface area contributed by atoms with Crippen molar-refractivity contribution in [1.82, 2.24) is 5.32 Å². The molecule has 2 rings (SSSR count). The van der Waals surface area contributed by atoms with Crippen LogP contribution in [0.15, 0.2) is 0 Å². The van der Waals surface area contributed by atoms with Gasteiger partial charge in [0.1, 0.15) is 5.72 Å². The van der Waals surface area contributed by atoms with E-state index in [-0.39, 0.29) is 11.1 Å². The smallest absolute Gasteiger partial charge is 0.119 e. The van der Waals surface area contributed by atoms with E-state index in [1.165, 1.54) is 25.7 Å². The van der Waals surface area contributed by atoms with Gasteiger partial charge in [-0.2, -0.15) is 0 Å². The predicted octanol–water partition coefficient (Wildman–Crippen LogP) is 2.93. The summed E-state index contributed by atoms with van der Waals surface area (Å²) >= 11 is 0. The molecule has 0 radical (unpaired) electrons. The Hall–Kier alpha value is -0.0800. The topological polar surface area (TPSA) is 21.3 Å². The van der Waals surface area contributed by atoms with Crippen LogP contribution in [-0.2, 0) is 4.74 Å². The lowest BCUT2D eigenvalue weighted by Crippen LogP contribution is -2.61. The second-order valence-corrected chi connectivity index (χ2v) is 6.33. The minimum atomic E-state index is 0.0322. The minimum Gasteiger partial charge on any atom is -0.357 e. The highest BCUT2D eigenvalue weighted by molar-refractivity contribution is 4.96. The molecule has 0 bridgehead atoms. The molecular weight excluding hydrogens is 186 g/mol. The predicted molar refractivity (Wildman–Crippen MR) is 62.7 cm³/mol. The van der Waals surface area contributed by atoms with Crippen LogP contribution in [0.2, 0.25) is 0 Å². The van der Waals surface area contributed by atoms with E-state index in [1.807, 2.05) is 0 Å². The maximum Gasteiger partial charge on any atom is 0.119 e. The molecule has 2 heteroatoms. The van der Waals surface area contributed by atoms with Gasteiger partial charge in [0, 0.05) is 12.0 Å². The zero-order valence-electron chi connectivity index (χ0n) is 10.6. The Balaban J connectivity index is 2.12. The standard InChI is InChI=1S/C13H25NO/c1-10(2)11-12(3,4)9-14-13(15-11)7-5-6-8-13/h10-11,14H,5-9H2,1-4H3. The maximum absolute atomic E-state index is 6.40. The van der Waals surface area contributed by atoms with Crippen LogP contribution >= 0.6 is 0 Å². The number of rotatable bonds is 1. The van der Waals surface area contributed by atoms with Gasteiger partial charge in [0.25, 0.3) is 0 Å². The van der Waals surface area contributed by atoms with Crippen LogP contribution in [0.3, 0.4) is 0 Å². The molecule has 1 spiro atoms. The molecule has 0 aromatic carbocycles. The minimum absolute atomic E-state index is 0.0322. The third-order valence-corrected chi connectivity index (χ3v) is 4.01. The van der Waals surface area contributed by atoms with Gasteiger partial charge >= 0.3 is 0 Å². The molecule has 1 aliphatic heterocycles. The first-order valence-corrected chi connectivity index (χ1v) is 6.38. The SMILES string of the molecule is CC(C)C1OC2(CCCC2)NCC1(C)C. The lowest BCUT2D eigenvalue weighted by Gasteiger charge is -2.50. The van der Waals surface area contributed by atoms with Crippen LogP contribution < -0.4 is 5.32 Å². The van der Waals surface area contributed by atoms with Crippen molar-refractivity contribution in [2.75, 3.05) is 6.54 Å². The van der Waals surface area contributed by atoms with Crippen LogP contribution in [0, 0.1) is 11.3 Å². The van der Waals surface area contributed by atoms with Crippen molar-refractivity contribution in [3.05, 3.63) is 0 Å². The lowest BCUT2D eigenvalue weighted by atomic mass is 9.78. The van der Waals surface area contributed by atoms with Crippen molar-refractivity contribution in [2.45, 2.75) is 65.2 Å². The molecule has 1 saturated carbocycles. The Morgan fingerprint density at radius 1 is 1.20 bits per heavy atom. The largest absolute Gasteiger partial charge is 0.357 e. The van der Waals surface area contributed by atoms with E-state index in [9.17, 15) is 0 Å². The molecule has 1 aliphatic carbocycles. The van der Waals surface area contributed by atoms with E-state index < -0.39 is 0 Å². The molecular formula is C13H25NO. The van der Waals surface area contributed by atoms with Gasteiger partial charge in [0.05, 0.1) is 6.10 Å². The molecule has 0 amide bonds. The van der Waals surface area contributed by atoms with Gasteiger partial charge in [-0.1, -0.05) is 27.7 Å². The third-order valence-electron chi connectivity index (χ3n) is 4.01. The Bertz CT molecular complexity index is 229. The zero-order valence-corrected chi connectivity index (χ0v) is 10.6. The fourth-order valence-corrected chi connectivity index (χ4v) is 3.21. The normalized spacial score (nSPS) is 33.8. The molecule has 0 aromatic rings. The van der Waals surface area contributed by atoms with Crippen molar-refractivity contribution < 1.29 is 4.74 Å². The van der Waals surface area contributed by atoms with Crippen molar-refractivity contribution in [3.8, 4) is 0 Å². The molecule has 88 valence electrons. The fourth-order valence-electron chi connectivity index (χ4n) is 3.21. The molecule has 1 unspecified atom stereocenters. The number of nitrogens with one attached hydrogen (secondary N) is 1. The van der Waals surface area contributed by atoms with Crippen LogP contribution in [0.1, 0.15) is 53.4 Å². The Morgan fingerprint density at radius 3 is 2.33 bits per heavy atom. The van der Waals surface area contributed by atoms with Crippen LogP contribution in [-0.4, -0.2) is 18.4 Å². The van der Waals surface area contributed by atoms with Gasteiger partial charge in [0.2, 0.25) is 0 Å². The summed E-state index contributed by atoms with van der Waals surface area (Å²) < 4.78 is 6.40. The van der Waals surface area contributed by atoms with Gasteiger partial charge in [-0.25, -0.2) is 0 Å². The first-order chi connectivity index (χ1) is 6.95. The lowest BCUT2D eigenvalue weighted by molar-refractivity contribution is -0.200. The summed E-state index contributed by atoms with van der Waals surface area (Å²) in [6.07, 6.45) is 5.44. The summed E-state index contributed by atoms with van der Waals surface area (Å²) in [6, 6.07) is 0. The molecule has 1 saturated heterocycles. The van der Waals surface area contributed by atoms with Crippen molar-refractivity contribution in [3.63, 3.8) is 0 Å². The first-order valence-electron chi connectivity index (χ1n) is 6.38. The average molecular weight is 211 g/mol. The summed E-state index contributed by atoms with van der Waals surface area (Å²) in [5.41, 5.74) is 0.298. The molecule has 1 N–H and O–H groups in total. The van der Waals surface area contributed by atoms with Crippen LogP contribution in [0.4, 0.5) is 0 Å². The summed E-state index contributed by atoms with van der Waals surface area (Å²) in [7, 11) is 0. The molecule has 1 heterocycles. The van der Waals surface area contributed by atoms with E-state index in [4.69, 9.17) is 4.74 Å². The van der Waals surface area contributed by atoms with E-state index >= 15 is 0 Å². The number of hydrogen-bond donors (Lipinski definition) is 1. The van der Waals surface area contributed by atoms with Gasteiger partial charge in [-0.15, -0.1) is 0 Å². The van der Waals surface area contributed by atoms with Gasteiger partial charge < -0.3 is 4.74 Å². The number of hydrogen-bond acceptors (Lipinski definition) is 2. The Morgan fingerprint density at radius 2 is 1.80 bits per heavy atom. The summed E-state index contributed by atoms with van der Waals surface area (Å²) in [4.78, 5) is 0. The third kappa shape index (κ3) is 2.07. The zero-order chi connectivity index (χ0) is 11.1. The van der Waals surface area contributed by atoms with Crippen LogP contribution in [0.5, 0.6) is 0 Å². The highest BCUT2D eigenvalue weighted by Crippen LogP contribution is 2.41. The fraction of sp³-hybridized carbons (Fsp3) is 1.00. The highest BCUT2D eigenvalue weighted by Gasteiger charge is 2.47. The van der Waals surface area contributed by atoms with Gasteiger partial charge in [-0.05, 0) is 31.6 Å². The number of ether oxygens (including phenoxy) is 1. The second kappa shape index (κ2) is 3.74. The van der Waals surface area contributed by atoms with Crippen molar-refractivity contribution >= 4 is 0 Å². The van der Waals surface area contributed by atoms with E-state index in [2.05, 4.69) is 33.0 Å². The Labute approximate surface area is 93.8 Å². The molecule has 0 aromatic heterocycles. The summed E-state index contributed by atoms with van der Waals surface area (Å²) in [5.74, 6) is 0.611. The summed E-state index contributed by atoms with van der Waals surface area (Å²) in [6.45, 7) is 10.3. The molecule has 15 heavy (non-hydrogen) atoms. The highest BCUT2D eigenvalue weighted by atomic mass is 16.5.